The average Bonchev–Trinajstić information content (AvgIpc) is 2.70. The van der Waals surface area contributed by atoms with Gasteiger partial charge in [0.15, 0.2) is 0 Å². The second-order valence-corrected chi connectivity index (χ2v) is 8.73. The Kier molecular flexibility index (Phi) is 6.97. The third kappa shape index (κ3) is 5.06. The SMILES string of the molecule is Cc1cccc(C(C)C)c1NC(=O)C1CCN(C(=O)NC2CCCCC2)CC1. The van der Waals surface area contributed by atoms with E-state index < -0.39 is 0 Å². The molecule has 1 aromatic carbocycles. The van der Waals surface area contributed by atoms with Gasteiger partial charge in [-0.25, -0.2) is 4.79 Å². The maximum atomic E-state index is 12.9. The van der Waals surface area contributed by atoms with E-state index in [2.05, 4.69) is 30.5 Å². The highest BCUT2D eigenvalue weighted by Crippen LogP contribution is 2.29. The van der Waals surface area contributed by atoms with E-state index in [1.165, 1.54) is 24.8 Å². The number of hydrogen-bond donors (Lipinski definition) is 2. The molecule has 1 aliphatic heterocycles. The van der Waals surface area contributed by atoms with E-state index in [1.807, 2.05) is 24.0 Å². The molecule has 0 atom stereocenters. The van der Waals surface area contributed by atoms with Gasteiger partial charge in [0.1, 0.15) is 0 Å². The number of nitrogens with zero attached hydrogens (tertiary/aromatic N) is 1. The van der Waals surface area contributed by atoms with Gasteiger partial charge in [-0.15, -0.1) is 0 Å². The molecular weight excluding hydrogens is 350 g/mol. The number of benzene rings is 1. The van der Waals surface area contributed by atoms with Crippen molar-refractivity contribution in [2.24, 2.45) is 5.92 Å². The summed E-state index contributed by atoms with van der Waals surface area (Å²) in [6, 6.07) is 6.55. The quantitative estimate of drug-likeness (QED) is 0.781. The maximum Gasteiger partial charge on any atom is 0.317 e. The van der Waals surface area contributed by atoms with Crippen molar-refractivity contribution in [2.45, 2.75) is 77.7 Å². The van der Waals surface area contributed by atoms with Crippen molar-refractivity contribution in [3.63, 3.8) is 0 Å². The molecule has 1 saturated carbocycles. The molecule has 1 saturated heterocycles. The van der Waals surface area contributed by atoms with Crippen LogP contribution in [0.5, 0.6) is 0 Å². The topological polar surface area (TPSA) is 61.4 Å². The average molecular weight is 386 g/mol. The zero-order valence-electron chi connectivity index (χ0n) is 17.6. The number of piperidine rings is 1. The van der Waals surface area contributed by atoms with Crippen LogP contribution in [0.1, 0.15) is 75.8 Å². The second-order valence-electron chi connectivity index (χ2n) is 8.73. The number of anilines is 1. The Morgan fingerprint density at radius 2 is 1.71 bits per heavy atom. The number of hydrogen-bond acceptors (Lipinski definition) is 2. The summed E-state index contributed by atoms with van der Waals surface area (Å²) in [5.74, 6) is 0.419. The molecule has 1 aromatic rings. The summed E-state index contributed by atoms with van der Waals surface area (Å²) in [7, 11) is 0. The first-order valence-corrected chi connectivity index (χ1v) is 10.9. The highest BCUT2D eigenvalue weighted by molar-refractivity contribution is 5.94. The molecule has 3 rings (SSSR count). The number of amides is 3. The number of para-hydroxylation sites is 1. The van der Waals surface area contributed by atoms with Crippen LogP contribution in [0.15, 0.2) is 18.2 Å². The number of nitrogens with one attached hydrogen (secondary N) is 2. The fraction of sp³-hybridized carbons (Fsp3) is 0.652. The van der Waals surface area contributed by atoms with Gasteiger partial charge in [-0.3, -0.25) is 4.79 Å². The fourth-order valence-corrected chi connectivity index (χ4v) is 4.43. The highest BCUT2D eigenvalue weighted by Gasteiger charge is 2.29. The van der Waals surface area contributed by atoms with Crippen LogP contribution >= 0.6 is 0 Å². The zero-order valence-corrected chi connectivity index (χ0v) is 17.6. The summed E-state index contributed by atoms with van der Waals surface area (Å²) >= 11 is 0. The number of urea groups is 1. The molecule has 154 valence electrons. The van der Waals surface area contributed by atoms with Crippen LogP contribution in [0, 0.1) is 12.8 Å². The van der Waals surface area contributed by atoms with Crippen LogP contribution in [0.3, 0.4) is 0 Å². The van der Waals surface area contributed by atoms with E-state index in [9.17, 15) is 9.59 Å². The normalized spacial score (nSPS) is 18.9. The minimum atomic E-state index is -0.0293. The smallest absolute Gasteiger partial charge is 0.317 e. The molecule has 2 fully saturated rings. The van der Waals surface area contributed by atoms with E-state index in [0.717, 1.165) is 36.9 Å². The minimum absolute atomic E-state index is 0.0293. The summed E-state index contributed by atoms with van der Waals surface area (Å²) in [4.78, 5) is 27.3. The Bertz CT molecular complexity index is 687. The van der Waals surface area contributed by atoms with Gasteiger partial charge in [-0.1, -0.05) is 51.3 Å². The van der Waals surface area contributed by atoms with Crippen molar-refractivity contribution in [3.8, 4) is 0 Å². The minimum Gasteiger partial charge on any atom is -0.335 e. The van der Waals surface area contributed by atoms with Crippen LogP contribution in [0.25, 0.3) is 0 Å². The molecule has 0 unspecified atom stereocenters. The molecule has 2 N–H and O–H groups in total. The Morgan fingerprint density at radius 1 is 1.04 bits per heavy atom. The number of carbonyl (C=O) groups excluding carboxylic acids is 2. The van der Waals surface area contributed by atoms with Crippen molar-refractivity contribution in [1.29, 1.82) is 0 Å². The largest absolute Gasteiger partial charge is 0.335 e. The lowest BCUT2D eigenvalue weighted by Gasteiger charge is -2.33. The molecule has 0 spiro atoms. The van der Waals surface area contributed by atoms with E-state index in [4.69, 9.17) is 0 Å². The van der Waals surface area contributed by atoms with E-state index >= 15 is 0 Å². The molecule has 28 heavy (non-hydrogen) atoms. The number of aryl methyl sites for hydroxylation is 1. The molecule has 0 aromatic heterocycles. The zero-order chi connectivity index (χ0) is 20.1. The van der Waals surface area contributed by atoms with Crippen molar-refractivity contribution in [1.82, 2.24) is 10.2 Å². The lowest BCUT2D eigenvalue weighted by atomic mass is 9.94. The van der Waals surface area contributed by atoms with Gasteiger partial charge in [0.05, 0.1) is 0 Å². The Morgan fingerprint density at radius 3 is 2.36 bits per heavy atom. The van der Waals surface area contributed by atoms with Gasteiger partial charge >= 0.3 is 6.03 Å². The first-order chi connectivity index (χ1) is 13.5. The van der Waals surface area contributed by atoms with Crippen LogP contribution in [0.4, 0.5) is 10.5 Å². The van der Waals surface area contributed by atoms with Gasteiger partial charge < -0.3 is 15.5 Å². The predicted octanol–water partition coefficient (Wildman–Crippen LogP) is 4.81. The Balaban J connectivity index is 1.52. The Labute approximate surface area is 169 Å². The van der Waals surface area contributed by atoms with Crippen molar-refractivity contribution in [3.05, 3.63) is 29.3 Å². The lowest BCUT2D eigenvalue weighted by molar-refractivity contribution is -0.121. The highest BCUT2D eigenvalue weighted by atomic mass is 16.2. The molecule has 5 heteroatoms. The van der Waals surface area contributed by atoms with Crippen LogP contribution in [-0.2, 0) is 4.79 Å². The molecule has 2 aliphatic rings. The summed E-state index contributed by atoms with van der Waals surface area (Å²) < 4.78 is 0. The fourth-order valence-electron chi connectivity index (χ4n) is 4.43. The van der Waals surface area contributed by atoms with E-state index in [1.54, 1.807) is 0 Å². The lowest BCUT2D eigenvalue weighted by Crippen LogP contribution is -2.49. The van der Waals surface area contributed by atoms with Crippen LogP contribution < -0.4 is 10.6 Å². The van der Waals surface area contributed by atoms with E-state index in [-0.39, 0.29) is 17.9 Å². The van der Waals surface area contributed by atoms with Crippen molar-refractivity contribution >= 4 is 17.6 Å². The monoisotopic (exact) mass is 385 g/mol. The molecule has 1 aliphatic carbocycles. The standard InChI is InChI=1S/C23H35N3O2/c1-16(2)20-11-7-8-17(3)21(20)25-22(27)18-12-14-26(15-13-18)23(28)24-19-9-5-4-6-10-19/h7-8,11,16,18-19H,4-6,9-10,12-15H2,1-3H3,(H,24,28)(H,25,27). The van der Waals surface area contributed by atoms with Crippen LogP contribution in [0.2, 0.25) is 0 Å². The summed E-state index contributed by atoms with van der Waals surface area (Å²) in [5.41, 5.74) is 3.24. The second kappa shape index (κ2) is 9.44. The molecule has 3 amide bonds. The first-order valence-electron chi connectivity index (χ1n) is 10.9. The molecule has 1 heterocycles. The van der Waals surface area contributed by atoms with Gasteiger partial charge in [0, 0.05) is 30.7 Å². The third-order valence-electron chi connectivity index (χ3n) is 6.26. The summed E-state index contributed by atoms with van der Waals surface area (Å²) in [5, 5.41) is 6.37. The Hall–Kier alpha value is -2.04. The van der Waals surface area contributed by atoms with Gasteiger partial charge in [0.25, 0.3) is 0 Å². The number of rotatable bonds is 4. The molecule has 0 bridgehead atoms. The number of likely N-dealkylation sites (tertiary alicyclic amines) is 1. The van der Waals surface area contributed by atoms with Crippen molar-refractivity contribution in [2.75, 3.05) is 18.4 Å². The van der Waals surface area contributed by atoms with Crippen molar-refractivity contribution < 1.29 is 9.59 Å². The van der Waals surface area contributed by atoms with Crippen LogP contribution in [-0.4, -0.2) is 36.0 Å². The van der Waals surface area contributed by atoms with Gasteiger partial charge in [0.2, 0.25) is 5.91 Å². The molecule has 5 nitrogen and oxygen atoms in total. The third-order valence-corrected chi connectivity index (χ3v) is 6.26. The van der Waals surface area contributed by atoms with E-state index in [0.29, 0.717) is 25.0 Å². The molecule has 0 radical (unpaired) electrons. The maximum absolute atomic E-state index is 12.9. The van der Waals surface area contributed by atoms with Gasteiger partial charge in [-0.05, 0) is 49.7 Å². The summed E-state index contributed by atoms with van der Waals surface area (Å²) in [6.07, 6.45) is 7.36. The predicted molar refractivity (Wildman–Crippen MR) is 114 cm³/mol. The first kappa shape index (κ1) is 20.7. The summed E-state index contributed by atoms with van der Waals surface area (Å²) in [6.45, 7) is 7.64. The number of carbonyl (C=O) groups is 2. The molecular formula is C23H35N3O2. The van der Waals surface area contributed by atoms with Gasteiger partial charge in [-0.2, -0.15) is 0 Å².